The molecule has 22 heavy (non-hydrogen) atoms. The number of nitrogens with zero attached hydrogens (tertiary/aromatic N) is 2. The van der Waals surface area contributed by atoms with Gasteiger partial charge in [-0.2, -0.15) is 4.31 Å². The van der Waals surface area contributed by atoms with Crippen molar-refractivity contribution in [3.05, 3.63) is 29.3 Å². The number of sulfonamides is 1. The maximum absolute atomic E-state index is 12.7. The van der Waals surface area contributed by atoms with Gasteiger partial charge in [0.15, 0.2) is 0 Å². The van der Waals surface area contributed by atoms with Crippen LogP contribution in [0.1, 0.15) is 42.6 Å². The number of carbonyl (C=O) groups is 1. The first-order valence-corrected chi connectivity index (χ1v) is 9.25. The van der Waals surface area contributed by atoms with E-state index in [9.17, 15) is 13.2 Å². The van der Waals surface area contributed by atoms with Crippen LogP contribution in [-0.2, 0) is 10.0 Å². The molecule has 1 aliphatic heterocycles. The third-order valence-corrected chi connectivity index (χ3v) is 6.21. The van der Waals surface area contributed by atoms with Crippen LogP contribution in [0.4, 0.5) is 0 Å². The van der Waals surface area contributed by atoms with Crippen LogP contribution in [0, 0.1) is 6.92 Å². The van der Waals surface area contributed by atoms with Crippen molar-refractivity contribution < 1.29 is 13.2 Å². The lowest BCUT2D eigenvalue weighted by Crippen LogP contribution is -2.31. The molecule has 6 heteroatoms. The topological polar surface area (TPSA) is 57.7 Å². The van der Waals surface area contributed by atoms with E-state index >= 15 is 0 Å². The van der Waals surface area contributed by atoms with Crippen molar-refractivity contribution in [3.8, 4) is 0 Å². The number of amides is 1. The van der Waals surface area contributed by atoms with E-state index in [4.69, 9.17) is 0 Å². The Kier molecular flexibility index (Phi) is 5.24. The van der Waals surface area contributed by atoms with E-state index in [0.717, 1.165) is 12.8 Å². The SMILES string of the molecule is CCN(CC)C(=O)c1ccc(C)c(S(=O)(=O)N2CCCC2)c1. The second-order valence-corrected chi connectivity index (χ2v) is 7.48. The van der Waals surface area contributed by atoms with Crippen molar-refractivity contribution in [1.82, 2.24) is 9.21 Å². The van der Waals surface area contributed by atoms with Crippen molar-refractivity contribution in [2.24, 2.45) is 0 Å². The molecule has 0 bridgehead atoms. The molecule has 0 aromatic heterocycles. The minimum atomic E-state index is -3.50. The first kappa shape index (κ1) is 17.0. The number of carbonyl (C=O) groups excluding carboxylic acids is 1. The number of aryl methyl sites for hydroxylation is 1. The lowest BCUT2D eigenvalue weighted by Gasteiger charge is -2.21. The van der Waals surface area contributed by atoms with Crippen molar-refractivity contribution in [2.75, 3.05) is 26.2 Å². The predicted molar refractivity (Wildman–Crippen MR) is 86.4 cm³/mol. The van der Waals surface area contributed by atoms with Crippen LogP contribution in [0.2, 0.25) is 0 Å². The van der Waals surface area contributed by atoms with Gasteiger partial charge in [-0.1, -0.05) is 6.07 Å². The second kappa shape index (κ2) is 6.79. The highest BCUT2D eigenvalue weighted by atomic mass is 32.2. The molecule has 1 fully saturated rings. The summed E-state index contributed by atoms with van der Waals surface area (Å²) >= 11 is 0. The lowest BCUT2D eigenvalue weighted by molar-refractivity contribution is 0.0772. The lowest BCUT2D eigenvalue weighted by atomic mass is 10.1. The molecule has 1 saturated heterocycles. The highest BCUT2D eigenvalue weighted by Gasteiger charge is 2.29. The quantitative estimate of drug-likeness (QED) is 0.835. The zero-order valence-corrected chi connectivity index (χ0v) is 14.3. The molecule has 122 valence electrons. The molecule has 0 saturated carbocycles. The van der Waals surface area contributed by atoms with Crippen molar-refractivity contribution in [3.63, 3.8) is 0 Å². The fourth-order valence-corrected chi connectivity index (χ4v) is 4.54. The Labute approximate surface area is 133 Å². The van der Waals surface area contributed by atoms with Crippen molar-refractivity contribution >= 4 is 15.9 Å². The molecule has 1 aliphatic rings. The Balaban J connectivity index is 2.41. The van der Waals surface area contributed by atoms with E-state index in [1.807, 2.05) is 13.8 Å². The molecule has 0 N–H and O–H groups in total. The van der Waals surface area contributed by atoms with Gasteiger partial charge in [0.25, 0.3) is 5.91 Å². The van der Waals surface area contributed by atoms with Crippen LogP contribution < -0.4 is 0 Å². The Morgan fingerprint density at radius 2 is 1.77 bits per heavy atom. The summed E-state index contributed by atoms with van der Waals surface area (Å²) in [5.41, 5.74) is 1.12. The summed E-state index contributed by atoms with van der Waals surface area (Å²) in [5, 5.41) is 0. The van der Waals surface area contributed by atoms with Crippen LogP contribution in [0.25, 0.3) is 0 Å². The molecule has 2 rings (SSSR count). The summed E-state index contributed by atoms with van der Waals surface area (Å²) in [6, 6.07) is 4.96. The van der Waals surface area contributed by atoms with E-state index in [1.54, 1.807) is 24.0 Å². The third-order valence-electron chi connectivity index (χ3n) is 4.17. The van der Waals surface area contributed by atoms with Crippen LogP contribution in [0.5, 0.6) is 0 Å². The fourth-order valence-electron chi connectivity index (χ4n) is 2.77. The first-order valence-electron chi connectivity index (χ1n) is 7.81. The smallest absolute Gasteiger partial charge is 0.253 e. The van der Waals surface area contributed by atoms with E-state index in [-0.39, 0.29) is 10.8 Å². The molecule has 5 nitrogen and oxygen atoms in total. The average molecular weight is 324 g/mol. The minimum absolute atomic E-state index is 0.122. The number of benzene rings is 1. The molecular formula is C16H24N2O3S. The highest BCUT2D eigenvalue weighted by molar-refractivity contribution is 7.89. The van der Waals surface area contributed by atoms with E-state index < -0.39 is 10.0 Å². The largest absolute Gasteiger partial charge is 0.339 e. The number of hydrogen-bond donors (Lipinski definition) is 0. The molecule has 1 amide bonds. The van der Waals surface area contributed by atoms with Gasteiger partial charge in [0, 0.05) is 31.7 Å². The average Bonchev–Trinajstić information content (AvgIpc) is 3.03. The molecule has 0 spiro atoms. The van der Waals surface area contributed by atoms with Crippen LogP contribution in [0.3, 0.4) is 0 Å². The van der Waals surface area contributed by atoms with Crippen LogP contribution in [0.15, 0.2) is 23.1 Å². The van der Waals surface area contributed by atoms with Crippen molar-refractivity contribution in [2.45, 2.75) is 38.5 Å². The molecule has 0 radical (unpaired) electrons. The summed E-state index contributed by atoms with van der Waals surface area (Å²) in [6.45, 7) is 7.95. The zero-order chi connectivity index (χ0) is 16.3. The second-order valence-electron chi connectivity index (χ2n) is 5.57. The molecule has 1 aromatic carbocycles. The molecule has 0 unspecified atom stereocenters. The van der Waals surface area contributed by atoms with Gasteiger partial charge < -0.3 is 4.90 Å². The van der Waals surface area contributed by atoms with Crippen LogP contribution in [-0.4, -0.2) is 49.7 Å². The maximum Gasteiger partial charge on any atom is 0.253 e. The monoisotopic (exact) mass is 324 g/mol. The third kappa shape index (κ3) is 3.17. The summed E-state index contributed by atoms with van der Waals surface area (Å²) in [6.07, 6.45) is 1.80. The molecule has 1 aromatic rings. The van der Waals surface area contributed by atoms with Gasteiger partial charge in [-0.3, -0.25) is 4.79 Å². The normalized spacial score (nSPS) is 16.0. The van der Waals surface area contributed by atoms with Crippen LogP contribution >= 0.6 is 0 Å². The van der Waals surface area contributed by atoms with Gasteiger partial charge in [0.05, 0.1) is 4.90 Å². The molecule has 0 aliphatic carbocycles. The van der Waals surface area contributed by atoms with Gasteiger partial charge >= 0.3 is 0 Å². The molecular weight excluding hydrogens is 300 g/mol. The number of rotatable bonds is 5. The standard InChI is InChI=1S/C16H24N2O3S/c1-4-17(5-2)16(19)14-9-8-13(3)15(12-14)22(20,21)18-10-6-7-11-18/h8-9,12H,4-7,10-11H2,1-3H3. The molecule has 1 heterocycles. The molecule has 0 atom stereocenters. The number of hydrogen-bond acceptors (Lipinski definition) is 3. The Bertz CT molecular complexity index is 645. The first-order chi connectivity index (χ1) is 10.4. The van der Waals surface area contributed by atoms with Gasteiger partial charge in [0.2, 0.25) is 10.0 Å². The zero-order valence-electron chi connectivity index (χ0n) is 13.5. The summed E-state index contributed by atoms with van der Waals surface area (Å²) in [4.78, 5) is 14.4. The van der Waals surface area contributed by atoms with Gasteiger partial charge in [0.1, 0.15) is 0 Å². The fraction of sp³-hybridized carbons (Fsp3) is 0.562. The van der Waals surface area contributed by atoms with Gasteiger partial charge in [-0.05, 0) is 51.3 Å². The van der Waals surface area contributed by atoms with E-state index in [0.29, 0.717) is 37.3 Å². The van der Waals surface area contributed by atoms with E-state index in [1.165, 1.54) is 10.4 Å². The summed E-state index contributed by atoms with van der Waals surface area (Å²) in [7, 11) is -3.50. The van der Waals surface area contributed by atoms with E-state index in [2.05, 4.69) is 0 Å². The summed E-state index contributed by atoms with van der Waals surface area (Å²) in [5.74, 6) is -0.122. The minimum Gasteiger partial charge on any atom is -0.339 e. The van der Waals surface area contributed by atoms with Gasteiger partial charge in [-0.25, -0.2) is 8.42 Å². The highest BCUT2D eigenvalue weighted by Crippen LogP contribution is 2.25. The van der Waals surface area contributed by atoms with Crippen molar-refractivity contribution in [1.29, 1.82) is 0 Å². The Hall–Kier alpha value is -1.40. The summed E-state index contributed by atoms with van der Waals surface area (Å²) < 4.78 is 27.0. The Morgan fingerprint density at radius 3 is 2.32 bits per heavy atom. The predicted octanol–water partition coefficient (Wildman–Crippen LogP) is 2.26. The Morgan fingerprint density at radius 1 is 1.18 bits per heavy atom. The van der Waals surface area contributed by atoms with Gasteiger partial charge in [-0.15, -0.1) is 0 Å². The maximum atomic E-state index is 12.7.